The molecule has 1 fully saturated rings. The number of nitrogens with zero attached hydrogens (tertiary/aromatic N) is 2. The number of aromatic amines is 1. The number of ketones is 1. The van der Waals surface area contributed by atoms with Crippen molar-refractivity contribution in [3.63, 3.8) is 0 Å². The first-order valence-electron chi connectivity index (χ1n) is 18.6. The summed E-state index contributed by atoms with van der Waals surface area (Å²) in [7, 11) is 0. The van der Waals surface area contributed by atoms with Crippen molar-refractivity contribution >= 4 is 45.7 Å². The third-order valence-electron chi connectivity index (χ3n) is 10.2. The SMILES string of the molecule is CC=O.CCC(C)C(=O)CCC(C)N1C(=O)c2cccc(OCCCCCNC(CCc3ccc4c(c3)[nH]c3ccncc34)=C3CCC3)c2C1=O. The molecule has 9 nitrogen and oxygen atoms in total. The summed E-state index contributed by atoms with van der Waals surface area (Å²) in [5.74, 6) is 0.00615. The van der Waals surface area contributed by atoms with Gasteiger partial charge in [-0.05, 0) is 108 Å². The minimum atomic E-state index is -0.355. The highest BCUT2D eigenvalue weighted by Gasteiger charge is 2.40. The fourth-order valence-electron chi connectivity index (χ4n) is 6.84. The van der Waals surface area contributed by atoms with Gasteiger partial charge in [0.25, 0.3) is 11.8 Å². The molecular weight excluding hydrogens is 640 g/mol. The number of rotatable bonds is 17. The molecule has 0 saturated heterocycles. The number of Topliss-reactive ketones (excluding diaryl/α,β-unsaturated/α-hetero) is 1. The van der Waals surface area contributed by atoms with Crippen molar-refractivity contribution in [2.75, 3.05) is 13.2 Å². The molecular formula is C42H52N4O5. The summed E-state index contributed by atoms with van der Waals surface area (Å²) < 4.78 is 6.08. The van der Waals surface area contributed by atoms with Gasteiger partial charge in [0.1, 0.15) is 17.8 Å². The van der Waals surface area contributed by atoms with E-state index in [2.05, 4.69) is 33.5 Å². The molecule has 3 heterocycles. The number of ether oxygens (including phenoxy) is 1. The number of amides is 2. The summed E-state index contributed by atoms with van der Waals surface area (Å²) in [6.45, 7) is 8.61. The number of imide groups is 1. The number of pyridine rings is 1. The van der Waals surface area contributed by atoms with Gasteiger partial charge in [0.05, 0.1) is 17.7 Å². The standard InChI is InChI=1S/C40H48N4O4.C2H4O/c1-4-26(2)36(45)19-14-27(3)44-39(46)31-12-9-13-37(38(31)40(44)47)48-23-7-5-6-21-42-33(29-10-8-11-29)18-16-28-15-17-30-32-25-41-22-20-34(32)43-35(30)24-28;1-2-3/h9,12-13,15,17,20,22,24-27,42-43H,4-8,10-11,14,16,18-19,21,23H2,1-3H3;2H,1H3. The lowest BCUT2D eigenvalue weighted by atomic mass is 9.88. The van der Waals surface area contributed by atoms with E-state index in [0.29, 0.717) is 36.3 Å². The van der Waals surface area contributed by atoms with Crippen molar-refractivity contribution in [2.24, 2.45) is 5.92 Å². The number of benzene rings is 2. The first kappa shape index (κ1) is 37.5. The number of nitrogens with one attached hydrogen (secondary N) is 2. The van der Waals surface area contributed by atoms with Gasteiger partial charge in [-0.3, -0.25) is 24.3 Å². The second-order valence-corrected chi connectivity index (χ2v) is 13.8. The number of hydrogen-bond donors (Lipinski definition) is 2. The summed E-state index contributed by atoms with van der Waals surface area (Å²) in [5, 5.41) is 6.14. The van der Waals surface area contributed by atoms with E-state index in [-0.39, 0.29) is 29.6 Å². The highest BCUT2D eigenvalue weighted by molar-refractivity contribution is 6.22. The smallest absolute Gasteiger partial charge is 0.265 e. The average Bonchev–Trinajstić information content (AvgIpc) is 3.61. The van der Waals surface area contributed by atoms with Crippen LogP contribution in [0.1, 0.15) is 118 Å². The average molecular weight is 693 g/mol. The van der Waals surface area contributed by atoms with Crippen LogP contribution in [0.3, 0.4) is 0 Å². The Morgan fingerprint density at radius 2 is 1.82 bits per heavy atom. The van der Waals surface area contributed by atoms with Gasteiger partial charge in [0, 0.05) is 64.8 Å². The zero-order valence-corrected chi connectivity index (χ0v) is 30.6. The van der Waals surface area contributed by atoms with Crippen LogP contribution in [0, 0.1) is 5.92 Å². The fraction of sp³-hybridized carbons (Fsp3) is 0.452. The van der Waals surface area contributed by atoms with E-state index < -0.39 is 0 Å². The van der Waals surface area contributed by atoms with Crippen molar-refractivity contribution in [1.82, 2.24) is 20.2 Å². The van der Waals surface area contributed by atoms with E-state index in [1.807, 2.05) is 39.2 Å². The molecule has 1 saturated carbocycles. The molecule has 2 atom stereocenters. The van der Waals surface area contributed by atoms with E-state index >= 15 is 0 Å². The third kappa shape index (κ3) is 8.93. The van der Waals surface area contributed by atoms with Crippen LogP contribution in [0.15, 0.2) is 66.1 Å². The van der Waals surface area contributed by atoms with Crippen LogP contribution < -0.4 is 10.1 Å². The number of carbonyl (C=O) groups is 4. The quantitative estimate of drug-likeness (QED) is 0.0647. The van der Waals surface area contributed by atoms with Crippen LogP contribution in [-0.2, 0) is 16.0 Å². The Bertz CT molecular complexity index is 1890. The second kappa shape index (κ2) is 17.9. The van der Waals surface area contributed by atoms with Crippen LogP contribution in [0.25, 0.3) is 21.8 Å². The molecule has 2 unspecified atom stereocenters. The van der Waals surface area contributed by atoms with Crippen LogP contribution >= 0.6 is 0 Å². The molecule has 2 aromatic heterocycles. The van der Waals surface area contributed by atoms with E-state index in [4.69, 9.17) is 9.53 Å². The van der Waals surface area contributed by atoms with Gasteiger partial charge in [0.15, 0.2) is 0 Å². The number of unbranched alkanes of at least 4 members (excludes halogenated alkanes) is 2. The second-order valence-electron chi connectivity index (χ2n) is 13.8. The lowest BCUT2D eigenvalue weighted by molar-refractivity contribution is -0.122. The molecule has 2 N–H and O–H groups in total. The van der Waals surface area contributed by atoms with E-state index in [1.54, 1.807) is 23.8 Å². The lowest BCUT2D eigenvalue weighted by Crippen LogP contribution is -2.38. The van der Waals surface area contributed by atoms with Crippen LogP contribution in [0.4, 0.5) is 0 Å². The minimum Gasteiger partial charge on any atom is -0.493 e. The number of H-pyrrole nitrogens is 1. The number of allylic oxidation sites excluding steroid dienone is 2. The van der Waals surface area contributed by atoms with Crippen molar-refractivity contribution in [2.45, 2.75) is 104 Å². The molecule has 4 aromatic rings. The number of aromatic nitrogens is 2. The normalized spacial score (nSPS) is 14.8. The van der Waals surface area contributed by atoms with Crippen LogP contribution in [0.5, 0.6) is 5.75 Å². The van der Waals surface area contributed by atoms with E-state index in [1.165, 1.54) is 53.1 Å². The number of fused-ring (bicyclic) bond motifs is 4. The van der Waals surface area contributed by atoms with Crippen LogP contribution in [-0.4, -0.2) is 57.9 Å². The van der Waals surface area contributed by atoms with Crippen molar-refractivity contribution in [3.8, 4) is 5.75 Å². The highest BCUT2D eigenvalue weighted by Crippen LogP contribution is 2.34. The molecule has 2 aliphatic rings. The maximum absolute atomic E-state index is 13.4. The van der Waals surface area contributed by atoms with Gasteiger partial charge in [-0.25, -0.2) is 0 Å². The van der Waals surface area contributed by atoms with E-state index in [9.17, 15) is 14.4 Å². The van der Waals surface area contributed by atoms with Crippen molar-refractivity contribution < 1.29 is 23.9 Å². The number of hydrogen-bond acceptors (Lipinski definition) is 7. The number of carbonyl (C=O) groups excluding carboxylic acids is 4. The van der Waals surface area contributed by atoms with Crippen molar-refractivity contribution in [1.29, 1.82) is 0 Å². The Balaban J connectivity index is 0.00000162. The first-order chi connectivity index (χ1) is 24.8. The first-order valence-corrected chi connectivity index (χ1v) is 18.6. The largest absolute Gasteiger partial charge is 0.493 e. The maximum Gasteiger partial charge on any atom is 0.265 e. The van der Waals surface area contributed by atoms with Gasteiger partial charge in [-0.1, -0.05) is 37.6 Å². The Kier molecular flexibility index (Phi) is 13.2. The van der Waals surface area contributed by atoms with Gasteiger partial charge >= 0.3 is 0 Å². The Morgan fingerprint density at radius 1 is 1.02 bits per heavy atom. The summed E-state index contributed by atoms with van der Waals surface area (Å²) in [4.78, 5) is 56.8. The monoisotopic (exact) mass is 692 g/mol. The summed E-state index contributed by atoms with van der Waals surface area (Å²) in [6.07, 6.45) is 14.7. The minimum absolute atomic E-state index is 0.00613. The van der Waals surface area contributed by atoms with Crippen LogP contribution in [0.2, 0.25) is 0 Å². The van der Waals surface area contributed by atoms with Gasteiger partial charge in [-0.15, -0.1) is 0 Å². The van der Waals surface area contributed by atoms with E-state index in [0.717, 1.165) is 62.4 Å². The fourth-order valence-corrected chi connectivity index (χ4v) is 6.84. The lowest BCUT2D eigenvalue weighted by Gasteiger charge is -2.23. The Hall–Kier alpha value is -4.79. The number of aldehydes is 1. The summed E-state index contributed by atoms with van der Waals surface area (Å²) >= 11 is 0. The molecule has 0 bridgehead atoms. The Labute approximate surface area is 301 Å². The molecule has 9 heteroatoms. The molecule has 1 aliphatic heterocycles. The zero-order chi connectivity index (χ0) is 36.3. The zero-order valence-electron chi connectivity index (χ0n) is 30.6. The predicted octanol–water partition coefficient (Wildman–Crippen LogP) is 8.51. The molecule has 2 amide bonds. The topological polar surface area (TPSA) is 121 Å². The summed E-state index contributed by atoms with van der Waals surface area (Å²) in [6, 6.07) is 13.6. The molecule has 51 heavy (non-hydrogen) atoms. The molecule has 1 aliphatic carbocycles. The third-order valence-corrected chi connectivity index (χ3v) is 10.2. The molecule has 0 radical (unpaired) electrons. The molecule has 2 aromatic carbocycles. The molecule has 0 spiro atoms. The van der Waals surface area contributed by atoms with Crippen molar-refractivity contribution in [3.05, 3.63) is 82.8 Å². The molecule has 270 valence electrons. The maximum atomic E-state index is 13.4. The highest BCUT2D eigenvalue weighted by atomic mass is 16.5. The van der Waals surface area contributed by atoms with Gasteiger partial charge in [0.2, 0.25) is 0 Å². The number of aryl methyl sites for hydroxylation is 1. The predicted molar refractivity (Wildman–Crippen MR) is 202 cm³/mol. The summed E-state index contributed by atoms with van der Waals surface area (Å²) in [5.41, 5.74) is 7.33. The Morgan fingerprint density at radius 3 is 2.57 bits per heavy atom. The molecule has 6 rings (SSSR count). The van der Waals surface area contributed by atoms with Gasteiger partial charge < -0.3 is 19.8 Å². The van der Waals surface area contributed by atoms with Gasteiger partial charge in [-0.2, -0.15) is 0 Å².